The van der Waals surface area contributed by atoms with E-state index >= 15 is 0 Å². The van der Waals surface area contributed by atoms with Gasteiger partial charge in [0.15, 0.2) is 0 Å². The van der Waals surface area contributed by atoms with Crippen LogP contribution in [0.25, 0.3) is 0 Å². The van der Waals surface area contributed by atoms with Crippen molar-refractivity contribution in [3.8, 4) is 0 Å². The summed E-state index contributed by atoms with van der Waals surface area (Å²) in [7, 11) is 0. The number of hydrogen-bond donors (Lipinski definition) is 0. The van der Waals surface area contributed by atoms with Crippen molar-refractivity contribution >= 4 is 29.4 Å². The molecule has 4 nitrogen and oxygen atoms in total. The summed E-state index contributed by atoms with van der Waals surface area (Å²) in [5.74, 6) is -0.741. The van der Waals surface area contributed by atoms with Gasteiger partial charge in [-0.3, -0.25) is 9.59 Å². The Balaban J connectivity index is 1.90. The minimum Gasteiger partial charge on any atom is -0.267 e. The van der Waals surface area contributed by atoms with E-state index in [1.54, 1.807) is 41.8 Å². The van der Waals surface area contributed by atoms with Crippen LogP contribution in [0.4, 0.5) is 0 Å². The molecule has 0 spiro atoms. The van der Waals surface area contributed by atoms with E-state index in [4.69, 9.17) is 0 Å². The van der Waals surface area contributed by atoms with Gasteiger partial charge in [0.1, 0.15) is 0 Å². The largest absolute Gasteiger partial charge is 0.282 e. The molecule has 2 heterocycles. The fourth-order valence-electron chi connectivity index (χ4n) is 1.92. The van der Waals surface area contributed by atoms with Gasteiger partial charge in [-0.15, -0.1) is 11.3 Å². The Bertz CT molecular complexity index is 668. The predicted octanol–water partition coefficient (Wildman–Crippen LogP) is 2.69. The quantitative estimate of drug-likeness (QED) is 0.622. The molecule has 2 aromatic rings. The van der Waals surface area contributed by atoms with E-state index < -0.39 is 0 Å². The third-order valence-corrected chi connectivity index (χ3v) is 3.77. The number of hydrazone groups is 1. The van der Waals surface area contributed by atoms with Crippen LogP contribution in [-0.4, -0.2) is 23.0 Å². The lowest BCUT2D eigenvalue weighted by Crippen LogP contribution is -2.23. The van der Waals surface area contributed by atoms with Gasteiger partial charge < -0.3 is 0 Å². The van der Waals surface area contributed by atoms with Crippen LogP contribution in [-0.2, 0) is 0 Å². The zero-order chi connectivity index (χ0) is 13.4. The fourth-order valence-corrected chi connectivity index (χ4v) is 2.66. The van der Waals surface area contributed by atoms with Crippen LogP contribution >= 0.6 is 11.3 Å². The maximum atomic E-state index is 12.0. The van der Waals surface area contributed by atoms with Gasteiger partial charge in [0.05, 0.1) is 17.3 Å². The lowest BCUT2D eigenvalue weighted by molar-refractivity contribution is 0.0660. The van der Waals surface area contributed by atoms with Crippen molar-refractivity contribution in [1.29, 1.82) is 0 Å². The Labute approximate surface area is 114 Å². The molecule has 19 heavy (non-hydrogen) atoms. The van der Waals surface area contributed by atoms with E-state index in [-0.39, 0.29) is 11.8 Å². The van der Waals surface area contributed by atoms with Gasteiger partial charge in [-0.05, 0) is 31.2 Å². The molecule has 0 N–H and O–H groups in total. The van der Waals surface area contributed by atoms with Crippen LogP contribution in [0.15, 0.2) is 41.5 Å². The van der Waals surface area contributed by atoms with Crippen molar-refractivity contribution in [2.45, 2.75) is 6.92 Å². The summed E-state index contributed by atoms with van der Waals surface area (Å²) in [6.07, 6.45) is 1.54. The smallest absolute Gasteiger partial charge is 0.267 e. The highest BCUT2D eigenvalue weighted by Crippen LogP contribution is 2.22. The van der Waals surface area contributed by atoms with Gasteiger partial charge in [0, 0.05) is 9.75 Å². The Morgan fingerprint density at radius 3 is 2.21 bits per heavy atom. The van der Waals surface area contributed by atoms with Crippen molar-refractivity contribution in [1.82, 2.24) is 5.01 Å². The molecule has 0 aliphatic carbocycles. The molecule has 94 valence electrons. The summed E-state index contributed by atoms with van der Waals surface area (Å²) in [6, 6.07) is 10.6. The average molecular weight is 270 g/mol. The number of nitrogens with zero attached hydrogens (tertiary/aromatic N) is 2. The van der Waals surface area contributed by atoms with Crippen LogP contribution in [0.5, 0.6) is 0 Å². The molecule has 3 rings (SSSR count). The number of aryl methyl sites for hydroxylation is 1. The summed E-state index contributed by atoms with van der Waals surface area (Å²) in [5, 5.41) is 4.92. The summed E-state index contributed by atoms with van der Waals surface area (Å²) in [6.45, 7) is 1.99. The molecular formula is C14H10N2O2S. The zero-order valence-corrected chi connectivity index (χ0v) is 11.0. The maximum absolute atomic E-state index is 12.0. The maximum Gasteiger partial charge on any atom is 0.282 e. The molecule has 0 saturated carbocycles. The third-order valence-electron chi connectivity index (χ3n) is 2.83. The number of carbonyl (C=O) groups is 2. The molecular weight excluding hydrogens is 260 g/mol. The fraction of sp³-hybridized carbons (Fsp3) is 0.0714. The van der Waals surface area contributed by atoms with Gasteiger partial charge in [-0.25, -0.2) is 0 Å². The van der Waals surface area contributed by atoms with Gasteiger partial charge >= 0.3 is 0 Å². The SMILES string of the molecule is Cc1ccc(/C=N/N2C(=O)c3ccccc3C2=O)s1. The number of thiophene rings is 1. The number of carbonyl (C=O) groups excluding carboxylic acids is 2. The minimum absolute atomic E-state index is 0.370. The normalized spacial score (nSPS) is 14.5. The van der Waals surface area contributed by atoms with E-state index in [1.807, 2.05) is 19.1 Å². The number of rotatable bonds is 2. The van der Waals surface area contributed by atoms with E-state index in [1.165, 1.54) is 0 Å². The number of hydrogen-bond acceptors (Lipinski definition) is 4. The first kappa shape index (κ1) is 11.8. The van der Waals surface area contributed by atoms with E-state index in [2.05, 4.69) is 5.10 Å². The van der Waals surface area contributed by atoms with E-state index in [0.29, 0.717) is 11.1 Å². The van der Waals surface area contributed by atoms with Gasteiger partial charge in [-0.1, -0.05) is 12.1 Å². The summed E-state index contributed by atoms with van der Waals surface area (Å²) >= 11 is 1.56. The van der Waals surface area contributed by atoms with E-state index in [0.717, 1.165) is 14.8 Å². The summed E-state index contributed by atoms with van der Waals surface area (Å²) in [5.41, 5.74) is 0.819. The molecule has 1 aliphatic heterocycles. The van der Waals surface area contributed by atoms with Crippen LogP contribution in [0.2, 0.25) is 0 Å². The predicted molar refractivity (Wildman–Crippen MR) is 73.6 cm³/mol. The Hall–Kier alpha value is -2.27. The number of imide groups is 1. The molecule has 0 fully saturated rings. The molecule has 5 heteroatoms. The first-order chi connectivity index (χ1) is 9.16. The molecule has 1 aliphatic rings. The molecule has 0 radical (unpaired) electrons. The summed E-state index contributed by atoms with van der Waals surface area (Å²) in [4.78, 5) is 26.1. The number of benzene rings is 1. The van der Waals surface area contributed by atoms with Crippen molar-refractivity contribution in [3.63, 3.8) is 0 Å². The lowest BCUT2D eigenvalue weighted by Gasteiger charge is -2.04. The topological polar surface area (TPSA) is 49.7 Å². The average Bonchev–Trinajstić information content (AvgIpc) is 2.93. The van der Waals surface area contributed by atoms with Crippen molar-refractivity contribution in [2.24, 2.45) is 5.10 Å². The van der Waals surface area contributed by atoms with Crippen molar-refractivity contribution in [3.05, 3.63) is 57.3 Å². The second kappa shape index (κ2) is 4.44. The molecule has 0 atom stereocenters. The molecule has 0 bridgehead atoms. The molecule has 0 unspecified atom stereocenters. The zero-order valence-electron chi connectivity index (χ0n) is 10.2. The first-order valence-corrected chi connectivity index (χ1v) is 6.57. The molecule has 1 aromatic carbocycles. The Morgan fingerprint density at radius 2 is 1.68 bits per heavy atom. The van der Waals surface area contributed by atoms with Crippen LogP contribution < -0.4 is 0 Å². The van der Waals surface area contributed by atoms with Gasteiger partial charge in [-0.2, -0.15) is 10.1 Å². The Kier molecular flexibility index (Phi) is 2.76. The van der Waals surface area contributed by atoms with Crippen molar-refractivity contribution in [2.75, 3.05) is 0 Å². The second-order valence-corrected chi connectivity index (χ2v) is 5.48. The lowest BCUT2D eigenvalue weighted by atomic mass is 10.1. The number of fused-ring (bicyclic) bond motifs is 1. The monoisotopic (exact) mass is 270 g/mol. The molecule has 2 amide bonds. The minimum atomic E-state index is -0.370. The second-order valence-electron chi connectivity index (χ2n) is 4.16. The Morgan fingerprint density at radius 1 is 1.05 bits per heavy atom. The standard InChI is InChI=1S/C14H10N2O2S/c1-9-6-7-10(19-9)8-15-16-13(17)11-4-2-3-5-12(11)14(16)18/h2-8H,1H3/b15-8+. The third kappa shape index (κ3) is 1.98. The molecule has 0 saturated heterocycles. The highest BCUT2D eigenvalue weighted by molar-refractivity contribution is 7.13. The summed E-state index contributed by atoms with van der Waals surface area (Å²) < 4.78 is 0. The molecule has 1 aromatic heterocycles. The highest BCUT2D eigenvalue weighted by Gasteiger charge is 2.35. The number of amides is 2. The first-order valence-electron chi connectivity index (χ1n) is 5.75. The van der Waals surface area contributed by atoms with Crippen molar-refractivity contribution < 1.29 is 9.59 Å². The van der Waals surface area contributed by atoms with Crippen LogP contribution in [0, 0.1) is 6.92 Å². The van der Waals surface area contributed by atoms with E-state index in [9.17, 15) is 9.59 Å². The van der Waals surface area contributed by atoms with Gasteiger partial charge in [0.25, 0.3) is 11.8 Å². The van der Waals surface area contributed by atoms with Crippen LogP contribution in [0.1, 0.15) is 30.5 Å². The van der Waals surface area contributed by atoms with Crippen LogP contribution in [0.3, 0.4) is 0 Å². The highest BCUT2D eigenvalue weighted by atomic mass is 32.1. The van der Waals surface area contributed by atoms with Gasteiger partial charge in [0.2, 0.25) is 0 Å².